The molecule has 0 amide bonds. The van der Waals surface area contributed by atoms with Gasteiger partial charge in [0, 0.05) is 24.7 Å². The maximum atomic E-state index is 5.54. The lowest BCUT2D eigenvalue weighted by molar-refractivity contribution is 0.0563. The zero-order valence-electron chi connectivity index (χ0n) is 11.5. The molecule has 0 spiro atoms. The Morgan fingerprint density at radius 2 is 2.12 bits per heavy atom. The van der Waals surface area contributed by atoms with Crippen LogP contribution in [0.25, 0.3) is 0 Å². The van der Waals surface area contributed by atoms with E-state index in [9.17, 15) is 0 Å². The second kappa shape index (κ2) is 6.72. The van der Waals surface area contributed by atoms with Crippen molar-refractivity contribution in [3.8, 4) is 0 Å². The van der Waals surface area contributed by atoms with Gasteiger partial charge in [-0.3, -0.25) is 4.90 Å². The lowest BCUT2D eigenvalue weighted by Gasteiger charge is -2.36. The van der Waals surface area contributed by atoms with E-state index in [4.69, 9.17) is 4.74 Å². The van der Waals surface area contributed by atoms with E-state index in [0.717, 1.165) is 25.8 Å². The summed E-state index contributed by atoms with van der Waals surface area (Å²) in [5.41, 5.74) is 0. The Morgan fingerprint density at radius 1 is 1.35 bits per heavy atom. The molecule has 1 saturated heterocycles. The summed E-state index contributed by atoms with van der Waals surface area (Å²) in [6, 6.07) is 2.09. The molecule has 2 fully saturated rings. The van der Waals surface area contributed by atoms with E-state index < -0.39 is 0 Å². The molecule has 0 aromatic carbocycles. The van der Waals surface area contributed by atoms with Crippen LogP contribution in [-0.4, -0.2) is 49.3 Å². The number of nitrogens with one attached hydrogen (secondary N) is 1. The third kappa shape index (κ3) is 3.67. The Labute approximate surface area is 106 Å². The molecule has 17 heavy (non-hydrogen) atoms. The Bertz CT molecular complexity index is 210. The average molecular weight is 240 g/mol. The van der Waals surface area contributed by atoms with Gasteiger partial charge in [-0.25, -0.2) is 0 Å². The van der Waals surface area contributed by atoms with Crippen LogP contribution in [0.15, 0.2) is 0 Å². The van der Waals surface area contributed by atoms with Crippen LogP contribution in [0.2, 0.25) is 0 Å². The summed E-state index contributed by atoms with van der Waals surface area (Å²) < 4.78 is 5.54. The molecular weight excluding hydrogens is 212 g/mol. The normalized spacial score (nSPS) is 28.8. The van der Waals surface area contributed by atoms with Crippen molar-refractivity contribution in [2.45, 2.75) is 64.1 Å². The van der Waals surface area contributed by atoms with Gasteiger partial charge in [0.15, 0.2) is 0 Å². The first kappa shape index (κ1) is 13.3. The number of hydrogen-bond acceptors (Lipinski definition) is 3. The molecule has 2 atom stereocenters. The highest BCUT2D eigenvalue weighted by molar-refractivity contribution is 4.83. The number of morpholine rings is 1. The van der Waals surface area contributed by atoms with Gasteiger partial charge in [-0.15, -0.1) is 0 Å². The third-order valence-corrected chi connectivity index (χ3v) is 4.35. The summed E-state index contributed by atoms with van der Waals surface area (Å²) in [5.74, 6) is 0. The van der Waals surface area contributed by atoms with Gasteiger partial charge in [0.2, 0.25) is 0 Å². The van der Waals surface area contributed by atoms with E-state index in [1.165, 1.54) is 38.6 Å². The van der Waals surface area contributed by atoms with Gasteiger partial charge < -0.3 is 10.1 Å². The van der Waals surface area contributed by atoms with E-state index in [0.29, 0.717) is 12.1 Å². The largest absolute Gasteiger partial charge is 0.379 e. The average Bonchev–Trinajstić information content (AvgIpc) is 2.85. The molecule has 3 nitrogen and oxygen atoms in total. The van der Waals surface area contributed by atoms with Crippen molar-refractivity contribution in [3.63, 3.8) is 0 Å². The van der Waals surface area contributed by atoms with E-state index >= 15 is 0 Å². The van der Waals surface area contributed by atoms with Crippen molar-refractivity contribution in [1.29, 1.82) is 0 Å². The van der Waals surface area contributed by atoms with Gasteiger partial charge in [-0.2, -0.15) is 0 Å². The Morgan fingerprint density at radius 3 is 2.71 bits per heavy atom. The molecule has 2 aliphatic rings. The molecule has 0 bridgehead atoms. The minimum absolute atomic E-state index is 0.564. The van der Waals surface area contributed by atoms with Gasteiger partial charge in [0.1, 0.15) is 0 Å². The quantitative estimate of drug-likeness (QED) is 0.795. The molecule has 3 heteroatoms. The highest BCUT2D eigenvalue weighted by Gasteiger charge is 2.27. The van der Waals surface area contributed by atoms with Gasteiger partial charge in [-0.05, 0) is 32.7 Å². The first-order valence-corrected chi connectivity index (χ1v) is 7.38. The second-order valence-electron chi connectivity index (χ2n) is 5.58. The van der Waals surface area contributed by atoms with E-state index in [-0.39, 0.29) is 0 Å². The number of hydrogen-bond donors (Lipinski definition) is 1. The number of ether oxygens (including phenoxy) is 1. The van der Waals surface area contributed by atoms with Crippen LogP contribution >= 0.6 is 0 Å². The summed E-state index contributed by atoms with van der Waals surface area (Å²) in [6.45, 7) is 8.68. The molecule has 1 N–H and O–H groups in total. The van der Waals surface area contributed by atoms with Crippen molar-refractivity contribution in [3.05, 3.63) is 0 Å². The molecule has 1 aliphatic heterocycles. The molecule has 1 heterocycles. The van der Waals surface area contributed by atoms with Crippen LogP contribution in [0.4, 0.5) is 0 Å². The van der Waals surface area contributed by atoms with Crippen molar-refractivity contribution in [2.24, 2.45) is 0 Å². The molecule has 100 valence electrons. The second-order valence-corrected chi connectivity index (χ2v) is 5.58. The van der Waals surface area contributed by atoms with Crippen molar-refractivity contribution < 1.29 is 4.74 Å². The maximum Gasteiger partial charge on any atom is 0.0620 e. The van der Waals surface area contributed by atoms with Crippen LogP contribution in [0.5, 0.6) is 0 Å². The summed E-state index contributed by atoms with van der Waals surface area (Å²) in [4.78, 5) is 2.71. The minimum Gasteiger partial charge on any atom is -0.379 e. The summed E-state index contributed by atoms with van der Waals surface area (Å²) in [7, 11) is 0. The minimum atomic E-state index is 0.564. The fourth-order valence-corrected chi connectivity index (χ4v) is 3.48. The maximum absolute atomic E-state index is 5.54. The van der Waals surface area contributed by atoms with Crippen LogP contribution in [0.3, 0.4) is 0 Å². The van der Waals surface area contributed by atoms with Gasteiger partial charge >= 0.3 is 0 Å². The van der Waals surface area contributed by atoms with Crippen LogP contribution in [-0.2, 0) is 4.74 Å². The lowest BCUT2D eigenvalue weighted by atomic mass is 10.0. The van der Waals surface area contributed by atoms with E-state index in [1.54, 1.807) is 0 Å². The topological polar surface area (TPSA) is 24.5 Å². The molecule has 2 unspecified atom stereocenters. The van der Waals surface area contributed by atoms with Gasteiger partial charge in [0.05, 0.1) is 13.2 Å². The Kier molecular flexibility index (Phi) is 5.26. The Balaban J connectivity index is 1.80. The predicted molar refractivity (Wildman–Crippen MR) is 71.3 cm³/mol. The zero-order chi connectivity index (χ0) is 12.1. The first-order valence-electron chi connectivity index (χ1n) is 7.38. The number of rotatable bonds is 5. The monoisotopic (exact) mass is 240 g/mol. The molecule has 2 rings (SSSR count). The van der Waals surface area contributed by atoms with Crippen molar-refractivity contribution in [2.75, 3.05) is 26.3 Å². The molecule has 1 aliphatic carbocycles. The smallest absolute Gasteiger partial charge is 0.0620 e. The van der Waals surface area contributed by atoms with Crippen molar-refractivity contribution in [1.82, 2.24) is 10.2 Å². The molecule has 1 saturated carbocycles. The molecular formula is C14H28N2O. The molecule has 0 radical (unpaired) electrons. The number of nitrogens with zero attached hydrogens (tertiary/aromatic N) is 1. The summed E-state index contributed by atoms with van der Waals surface area (Å²) in [6.07, 6.45) is 6.90. The van der Waals surface area contributed by atoms with Gasteiger partial charge in [0.25, 0.3) is 0 Å². The van der Waals surface area contributed by atoms with Crippen molar-refractivity contribution >= 4 is 0 Å². The highest BCUT2D eigenvalue weighted by Crippen LogP contribution is 2.26. The van der Waals surface area contributed by atoms with Crippen LogP contribution < -0.4 is 5.32 Å². The fourth-order valence-electron chi connectivity index (χ4n) is 3.48. The SMILES string of the molecule is CCN(C(C)CC1COCCN1)C1CCCC1. The highest BCUT2D eigenvalue weighted by atomic mass is 16.5. The van der Waals surface area contributed by atoms with E-state index in [1.807, 2.05) is 0 Å². The first-order chi connectivity index (χ1) is 8.31. The summed E-state index contributed by atoms with van der Waals surface area (Å²) in [5, 5.41) is 3.57. The van der Waals surface area contributed by atoms with E-state index in [2.05, 4.69) is 24.1 Å². The van der Waals surface area contributed by atoms with Crippen LogP contribution in [0.1, 0.15) is 46.0 Å². The summed E-state index contributed by atoms with van der Waals surface area (Å²) >= 11 is 0. The van der Waals surface area contributed by atoms with Gasteiger partial charge in [-0.1, -0.05) is 19.8 Å². The predicted octanol–water partition coefficient (Wildman–Crippen LogP) is 2.02. The third-order valence-electron chi connectivity index (χ3n) is 4.35. The van der Waals surface area contributed by atoms with Crippen LogP contribution in [0, 0.1) is 0 Å². The lowest BCUT2D eigenvalue weighted by Crippen LogP contribution is -2.48. The fraction of sp³-hybridized carbons (Fsp3) is 1.00. The zero-order valence-corrected chi connectivity index (χ0v) is 11.5. The molecule has 0 aromatic heterocycles. The molecule has 0 aromatic rings. The Hall–Kier alpha value is -0.120. The standard InChI is InChI=1S/C14H28N2O/c1-3-16(14-6-4-5-7-14)12(2)10-13-11-17-9-8-15-13/h12-15H,3-11H2,1-2H3.